The van der Waals surface area contributed by atoms with Crippen LogP contribution in [0.15, 0.2) is 65.1 Å². The molecule has 2 amide bonds. The molecule has 4 rings (SSSR count). The quantitative estimate of drug-likeness (QED) is 0.284. The van der Waals surface area contributed by atoms with Gasteiger partial charge in [-0.15, -0.1) is 0 Å². The van der Waals surface area contributed by atoms with Crippen molar-refractivity contribution < 1.29 is 13.9 Å². The summed E-state index contributed by atoms with van der Waals surface area (Å²) < 4.78 is 11.9. The maximum absolute atomic E-state index is 11.6. The van der Waals surface area contributed by atoms with Crippen LogP contribution in [0, 0.1) is 6.92 Å². The van der Waals surface area contributed by atoms with E-state index in [2.05, 4.69) is 10.7 Å². The van der Waals surface area contributed by atoms with Crippen molar-refractivity contribution in [2.75, 3.05) is 5.32 Å². The molecule has 3 aromatic carbocycles. The van der Waals surface area contributed by atoms with Crippen LogP contribution in [0.25, 0.3) is 21.9 Å². The molecule has 0 fully saturated rings. The Balaban J connectivity index is 1.62. The summed E-state index contributed by atoms with van der Waals surface area (Å²) in [4.78, 5) is 11.6. The molecule has 4 aromatic rings. The third kappa shape index (κ3) is 3.30. The van der Waals surface area contributed by atoms with Crippen LogP contribution < -0.4 is 21.3 Å². The molecule has 0 atom stereocenters. The van der Waals surface area contributed by atoms with Gasteiger partial charge in [-0.05, 0) is 42.8 Å². The fourth-order valence-electron chi connectivity index (χ4n) is 3.12. The summed E-state index contributed by atoms with van der Waals surface area (Å²) in [7, 11) is 0. The van der Waals surface area contributed by atoms with Gasteiger partial charge in [0.05, 0.1) is 0 Å². The molecule has 27 heavy (non-hydrogen) atoms. The zero-order chi connectivity index (χ0) is 18.8. The van der Waals surface area contributed by atoms with E-state index in [1.165, 1.54) is 0 Å². The number of para-hydroxylation sites is 1. The molecule has 0 aliphatic carbocycles. The van der Waals surface area contributed by atoms with Gasteiger partial charge < -0.3 is 14.5 Å². The zero-order valence-electron chi connectivity index (χ0n) is 14.8. The van der Waals surface area contributed by atoms with Crippen LogP contribution in [-0.4, -0.2) is 6.03 Å². The van der Waals surface area contributed by atoms with Crippen molar-refractivity contribution in [1.29, 1.82) is 0 Å². The summed E-state index contributed by atoms with van der Waals surface area (Å²) in [5.74, 6) is 5.89. The van der Waals surface area contributed by atoms with E-state index in [0.717, 1.165) is 38.8 Å². The van der Waals surface area contributed by atoms with Crippen molar-refractivity contribution >= 4 is 33.7 Å². The summed E-state index contributed by atoms with van der Waals surface area (Å²) >= 11 is 0. The number of amides is 2. The Hall–Kier alpha value is -3.51. The SMILES string of the molecule is Cc1cccc(NC(=O)NN)c1COc1ccc2oc3ccccc3c2c1. The zero-order valence-corrected chi connectivity index (χ0v) is 14.8. The summed E-state index contributed by atoms with van der Waals surface area (Å²) in [6, 6.07) is 18.8. The molecule has 0 spiro atoms. The molecular formula is C21H19N3O3. The third-order valence-corrected chi connectivity index (χ3v) is 4.52. The minimum atomic E-state index is -0.479. The van der Waals surface area contributed by atoms with E-state index in [0.29, 0.717) is 12.3 Å². The van der Waals surface area contributed by atoms with E-state index < -0.39 is 6.03 Å². The van der Waals surface area contributed by atoms with Gasteiger partial charge in [-0.25, -0.2) is 10.6 Å². The van der Waals surface area contributed by atoms with Crippen molar-refractivity contribution in [3.63, 3.8) is 0 Å². The van der Waals surface area contributed by atoms with Gasteiger partial charge in [0.1, 0.15) is 23.5 Å². The lowest BCUT2D eigenvalue weighted by molar-refractivity contribution is 0.252. The van der Waals surface area contributed by atoms with Gasteiger partial charge in [0, 0.05) is 22.0 Å². The van der Waals surface area contributed by atoms with Crippen LogP contribution in [0.3, 0.4) is 0 Å². The van der Waals surface area contributed by atoms with Gasteiger partial charge in [0.15, 0.2) is 0 Å². The molecular weight excluding hydrogens is 342 g/mol. The maximum atomic E-state index is 11.6. The van der Waals surface area contributed by atoms with Gasteiger partial charge in [0.2, 0.25) is 0 Å². The van der Waals surface area contributed by atoms with E-state index >= 15 is 0 Å². The number of furan rings is 1. The Bertz CT molecular complexity index is 1130. The number of aryl methyl sites for hydroxylation is 1. The minimum absolute atomic E-state index is 0.314. The lowest BCUT2D eigenvalue weighted by Crippen LogP contribution is -2.34. The summed E-state index contributed by atoms with van der Waals surface area (Å²) in [5.41, 5.74) is 6.30. The summed E-state index contributed by atoms with van der Waals surface area (Å²) in [6.45, 7) is 2.28. The molecule has 4 N–H and O–H groups in total. The normalized spacial score (nSPS) is 10.9. The highest BCUT2D eigenvalue weighted by molar-refractivity contribution is 6.05. The van der Waals surface area contributed by atoms with Crippen molar-refractivity contribution in [1.82, 2.24) is 5.43 Å². The van der Waals surface area contributed by atoms with Crippen LogP contribution in [-0.2, 0) is 6.61 Å². The molecule has 0 saturated carbocycles. The second-order valence-corrected chi connectivity index (χ2v) is 6.24. The Morgan fingerprint density at radius 1 is 1.04 bits per heavy atom. The van der Waals surface area contributed by atoms with Gasteiger partial charge in [-0.3, -0.25) is 5.43 Å². The Labute approximate surface area is 155 Å². The van der Waals surface area contributed by atoms with Crippen LogP contribution in [0.4, 0.5) is 10.5 Å². The van der Waals surface area contributed by atoms with Gasteiger partial charge >= 0.3 is 6.03 Å². The van der Waals surface area contributed by atoms with E-state index in [-0.39, 0.29) is 0 Å². The number of nitrogens with one attached hydrogen (secondary N) is 2. The number of benzene rings is 3. The van der Waals surface area contributed by atoms with Crippen molar-refractivity contribution in [3.05, 3.63) is 71.8 Å². The maximum Gasteiger partial charge on any atom is 0.333 e. The predicted octanol–water partition coefficient (Wildman–Crippen LogP) is 4.47. The number of ether oxygens (including phenoxy) is 1. The molecule has 6 heteroatoms. The second-order valence-electron chi connectivity index (χ2n) is 6.24. The fourth-order valence-corrected chi connectivity index (χ4v) is 3.12. The predicted molar refractivity (Wildman–Crippen MR) is 106 cm³/mol. The largest absolute Gasteiger partial charge is 0.489 e. The number of carbonyl (C=O) groups is 1. The smallest absolute Gasteiger partial charge is 0.333 e. The molecule has 0 bridgehead atoms. The van der Waals surface area contributed by atoms with Crippen LogP contribution in [0.2, 0.25) is 0 Å². The number of anilines is 1. The molecule has 0 saturated heterocycles. The molecule has 0 aliphatic heterocycles. The average molecular weight is 361 g/mol. The standard InChI is InChI=1S/C21H19N3O3/c1-13-5-4-7-18(23-21(25)24-22)17(13)12-26-14-9-10-20-16(11-14)15-6-2-3-8-19(15)27-20/h2-11H,12,22H2,1H3,(H2,23,24,25). The molecule has 0 radical (unpaired) electrons. The molecule has 6 nitrogen and oxygen atoms in total. The van der Waals surface area contributed by atoms with Gasteiger partial charge in [-0.2, -0.15) is 0 Å². The van der Waals surface area contributed by atoms with E-state index in [9.17, 15) is 4.79 Å². The summed E-state index contributed by atoms with van der Waals surface area (Å²) in [6.07, 6.45) is 0. The highest BCUT2D eigenvalue weighted by atomic mass is 16.5. The number of fused-ring (bicyclic) bond motifs is 3. The average Bonchev–Trinajstić information content (AvgIpc) is 3.05. The first-order chi connectivity index (χ1) is 13.2. The first-order valence-electron chi connectivity index (χ1n) is 8.56. The summed E-state index contributed by atoms with van der Waals surface area (Å²) in [5, 5.41) is 4.78. The minimum Gasteiger partial charge on any atom is -0.489 e. The number of carbonyl (C=O) groups excluding carboxylic acids is 1. The van der Waals surface area contributed by atoms with Gasteiger partial charge in [-0.1, -0.05) is 30.3 Å². The molecule has 0 aliphatic rings. The topological polar surface area (TPSA) is 89.5 Å². The number of rotatable bonds is 4. The lowest BCUT2D eigenvalue weighted by Gasteiger charge is -2.14. The molecule has 1 heterocycles. The van der Waals surface area contributed by atoms with Crippen molar-refractivity contribution in [2.45, 2.75) is 13.5 Å². The van der Waals surface area contributed by atoms with E-state index in [1.54, 1.807) is 0 Å². The lowest BCUT2D eigenvalue weighted by atomic mass is 10.1. The van der Waals surface area contributed by atoms with E-state index in [4.69, 9.17) is 15.0 Å². The van der Waals surface area contributed by atoms with E-state index in [1.807, 2.05) is 67.6 Å². The number of urea groups is 1. The fraction of sp³-hybridized carbons (Fsp3) is 0.0952. The molecule has 136 valence electrons. The number of hydrazine groups is 1. The van der Waals surface area contributed by atoms with Crippen LogP contribution in [0.5, 0.6) is 5.75 Å². The van der Waals surface area contributed by atoms with Crippen LogP contribution in [0.1, 0.15) is 11.1 Å². The first-order valence-corrected chi connectivity index (χ1v) is 8.56. The third-order valence-electron chi connectivity index (χ3n) is 4.52. The Morgan fingerprint density at radius 2 is 1.85 bits per heavy atom. The van der Waals surface area contributed by atoms with Crippen LogP contribution >= 0.6 is 0 Å². The Morgan fingerprint density at radius 3 is 2.70 bits per heavy atom. The molecule has 1 aromatic heterocycles. The van der Waals surface area contributed by atoms with Crippen molar-refractivity contribution in [2.24, 2.45) is 5.84 Å². The highest BCUT2D eigenvalue weighted by Crippen LogP contribution is 2.32. The second kappa shape index (κ2) is 7.01. The highest BCUT2D eigenvalue weighted by Gasteiger charge is 2.11. The Kier molecular flexibility index (Phi) is 4.40. The number of nitrogens with two attached hydrogens (primary N) is 1. The molecule has 0 unspecified atom stereocenters. The van der Waals surface area contributed by atoms with Gasteiger partial charge in [0.25, 0.3) is 0 Å². The monoisotopic (exact) mass is 361 g/mol. The van der Waals surface area contributed by atoms with Crippen molar-refractivity contribution in [3.8, 4) is 5.75 Å². The number of hydrogen-bond acceptors (Lipinski definition) is 4. The number of hydrogen-bond donors (Lipinski definition) is 3. The first kappa shape index (κ1) is 16.9.